The number of carboxylic acid groups (broad SMARTS) is 1. The number of nitrogens with zero attached hydrogens (tertiary/aromatic N) is 2. The highest BCUT2D eigenvalue weighted by atomic mass is 32.1. The first kappa shape index (κ1) is 16.0. The number of aryl methyl sites for hydroxylation is 1. The van der Waals surface area contributed by atoms with Gasteiger partial charge in [0.1, 0.15) is 0 Å². The Kier molecular flexibility index (Phi) is 3.91. The normalized spacial score (nSPS) is 23.6. The molecule has 2 amide bonds. The maximum absolute atomic E-state index is 12.5. The molecular formula is C16H20N2O4S. The molecule has 3 heterocycles. The monoisotopic (exact) mass is 336 g/mol. The maximum atomic E-state index is 12.5. The quantitative estimate of drug-likeness (QED) is 0.890. The number of thiophene rings is 1. The number of amides is 2. The van der Waals surface area contributed by atoms with Crippen LogP contribution < -0.4 is 0 Å². The van der Waals surface area contributed by atoms with E-state index >= 15 is 0 Å². The zero-order valence-corrected chi connectivity index (χ0v) is 14.1. The number of hydrogen-bond donors (Lipinski definition) is 1. The topological polar surface area (TPSA) is 77.9 Å². The fraction of sp³-hybridized carbons (Fsp3) is 0.562. The van der Waals surface area contributed by atoms with E-state index in [0.29, 0.717) is 30.8 Å². The van der Waals surface area contributed by atoms with E-state index in [1.807, 2.05) is 19.1 Å². The van der Waals surface area contributed by atoms with Gasteiger partial charge < -0.3 is 14.9 Å². The molecule has 1 spiro atoms. The van der Waals surface area contributed by atoms with Gasteiger partial charge in [0.2, 0.25) is 5.91 Å². The van der Waals surface area contributed by atoms with Crippen LogP contribution in [0.5, 0.6) is 0 Å². The van der Waals surface area contributed by atoms with Gasteiger partial charge in [0, 0.05) is 31.4 Å². The number of carboxylic acids is 1. The summed E-state index contributed by atoms with van der Waals surface area (Å²) in [4.78, 5) is 41.2. The van der Waals surface area contributed by atoms with E-state index in [9.17, 15) is 19.5 Å². The number of likely N-dealkylation sites (tertiary alicyclic amines) is 2. The highest BCUT2D eigenvalue weighted by molar-refractivity contribution is 7.13. The molecule has 0 bridgehead atoms. The molecule has 0 aromatic carbocycles. The Morgan fingerprint density at radius 2 is 1.96 bits per heavy atom. The zero-order chi connectivity index (χ0) is 16.8. The molecule has 7 heteroatoms. The molecule has 0 unspecified atom stereocenters. The van der Waals surface area contributed by atoms with Crippen molar-refractivity contribution in [1.29, 1.82) is 0 Å². The second kappa shape index (κ2) is 5.63. The standard InChI is InChI=1S/C16H20N2O4S/c1-10-3-4-12(23-10)14(20)18-7-5-16(6-8-18)11(15(21)22)9-13(19)17(16)2/h3-4,11H,5-9H2,1-2H3,(H,21,22)/t11-/m1/s1. The summed E-state index contributed by atoms with van der Waals surface area (Å²) in [5.41, 5.74) is -0.648. The number of aliphatic carboxylic acids is 1. The fourth-order valence-electron chi connectivity index (χ4n) is 3.79. The largest absolute Gasteiger partial charge is 0.481 e. The number of carbonyl (C=O) groups is 3. The van der Waals surface area contributed by atoms with Crippen molar-refractivity contribution in [2.45, 2.75) is 31.7 Å². The summed E-state index contributed by atoms with van der Waals surface area (Å²) in [7, 11) is 1.69. The Morgan fingerprint density at radius 1 is 1.30 bits per heavy atom. The van der Waals surface area contributed by atoms with Crippen molar-refractivity contribution in [3.8, 4) is 0 Å². The molecule has 2 aliphatic heterocycles. The van der Waals surface area contributed by atoms with Crippen LogP contribution in [-0.4, -0.2) is 58.4 Å². The predicted molar refractivity (Wildman–Crippen MR) is 85.4 cm³/mol. The molecule has 23 heavy (non-hydrogen) atoms. The summed E-state index contributed by atoms with van der Waals surface area (Å²) in [6.07, 6.45) is 1.09. The lowest BCUT2D eigenvalue weighted by Crippen LogP contribution is -2.56. The third-order valence-corrected chi connectivity index (χ3v) is 6.22. The van der Waals surface area contributed by atoms with Crippen molar-refractivity contribution in [1.82, 2.24) is 9.80 Å². The van der Waals surface area contributed by atoms with Gasteiger partial charge in [-0.25, -0.2) is 0 Å². The van der Waals surface area contributed by atoms with Gasteiger partial charge in [0.15, 0.2) is 0 Å². The molecule has 1 N–H and O–H groups in total. The second-order valence-electron chi connectivity index (χ2n) is 6.35. The molecular weight excluding hydrogens is 316 g/mol. The van der Waals surface area contributed by atoms with E-state index in [-0.39, 0.29) is 18.2 Å². The summed E-state index contributed by atoms with van der Waals surface area (Å²) in [6.45, 7) is 2.93. The van der Waals surface area contributed by atoms with E-state index < -0.39 is 17.4 Å². The van der Waals surface area contributed by atoms with Crippen LogP contribution in [0.1, 0.15) is 33.8 Å². The van der Waals surface area contributed by atoms with Gasteiger partial charge in [-0.15, -0.1) is 11.3 Å². The Hall–Kier alpha value is -1.89. The van der Waals surface area contributed by atoms with Gasteiger partial charge in [0.25, 0.3) is 5.91 Å². The van der Waals surface area contributed by atoms with Crippen LogP contribution in [-0.2, 0) is 9.59 Å². The van der Waals surface area contributed by atoms with Crippen LogP contribution in [0, 0.1) is 12.8 Å². The number of hydrogen-bond acceptors (Lipinski definition) is 4. The Labute approximate surface area is 138 Å². The lowest BCUT2D eigenvalue weighted by molar-refractivity contribution is -0.145. The molecule has 1 atom stereocenters. The molecule has 1 aromatic heterocycles. The molecule has 0 saturated carbocycles. The summed E-state index contributed by atoms with van der Waals surface area (Å²) in [5, 5.41) is 9.46. The zero-order valence-electron chi connectivity index (χ0n) is 13.2. The molecule has 2 saturated heterocycles. The van der Waals surface area contributed by atoms with E-state index in [4.69, 9.17) is 0 Å². The molecule has 0 aliphatic carbocycles. The number of piperidine rings is 1. The summed E-state index contributed by atoms with van der Waals surface area (Å²) >= 11 is 1.47. The van der Waals surface area contributed by atoms with Crippen molar-refractivity contribution < 1.29 is 19.5 Å². The predicted octanol–water partition coefficient (Wildman–Crippen LogP) is 1.59. The first-order valence-corrected chi connectivity index (χ1v) is 8.52. The van der Waals surface area contributed by atoms with Crippen LogP contribution in [0.15, 0.2) is 12.1 Å². The molecule has 2 fully saturated rings. The molecule has 6 nitrogen and oxygen atoms in total. The third kappa shape index (κ3) is 2.52. The van der Waals surface area contributed by atoms with Crippen LogP contribution >= 0.6 is 11.3 Å². The Balaban J connectivity index is 1.75. The van der Waals surface area contributed by atoms with E-state index in [1.165, 1.54) is 11.3 Å². The fourth-order valence-corrected chi connectivity index (χ4v) is 4.62. The molecule has 0 radical (unpaired) electrons. The van der Waals surface area contributed by atoms with E-state index in [1.54, 1.807) is 16.8 Å². The molecule has 3 rings (SSSR count). The van der Waals surface area contributed by atoms with E-state index in [0.717, 1.165) is 4.88 Å². The van der Waals surface area contributed by atoms with Gasteiger partial charge in [-0.2, -0.15) is 0 Å². The maximum Gasteiger partial charge on any atom is 0.309 e. The van der Waals surface area contributed by atoms with Gasteiger partial charge in [-0.1, -0.05) is 0 Å². The second-order valence-corrected chi connectivity index (χ2v) is 7.64. The molecule has 124 valence electrons. The smallest absolute Gasteiger partial charge is 0.309 e. The van der Waals surface area contributed by atoms with Crippen LogP contribution in [0.25, 0.3) is 0 Å². The highest BCUT2D eigenvalue weighted by Crippen LogP contribution is 2.43. The Morgan fingerprint density at radius 3 is 2.48 bits per heavy atom. The SMILES string of the molecule is Cc1ccc(C(=O)N2CCC3(CC2)[C@@H](C(=O)O)CC(=O)N3C)s1. The molecule has 2 aliphatic rings. The Bertz CT molecular complexity index is 661. The highest BCUT2D eigenvalue weighted by Gasteiger charge is 2.55. The lowest BCUT2D eigenvalue weighted by atomic mass is 9.77. The van der Waals surface area contributed by atoms with E-state index in [2.05, 4.69) is 0 Å². The van der Waals surface area contributed by atoms with Gasteiger partial charge in [-0.3, -0.25) is 14.4 Å². The minimum absolute atomic E-state index is 0.00296. The van der Waals surface area contributed by atoms with Crippen LogP contribution in [0.3, 0.4) is 0 Å². The summed E-state index contributed by atoms with van der Waals surface area (Å²) < 4.78 is 0. The van der Waals surface area contributed by atoms with Crippen molar-refractivity contribution in [2.24, 2.45) is 5.92 Å². The minimum atomic E-state index is -0.920. The average Bonchev–Trinajstić information content (AvgIpc) is 3.05. The van der Waals surface area contributed by atoms with Gasteiger partial charge >= 0.3 is 5.97 Å². The summed E-state index contributed by atoms with van der Waals surface area (Å²) in [5.74, 6) is -1.72. The third-order valence-electron chi connectivity index (χ3n) is 5.24. The van der Waals surface area contributed by atoms with Crippen molar-refractivity contribution >= 4 is 29.1 Å². The first-order valence-electron chi connectivity index (χ1n) is 7.70. The minimum Gasteiger partial charge on any atom is -0.481 e. The van der Waals surface area contributed by atoms with Crippen molar-refractivity contribution in [3.05, 3.63) is 21.9 Å². The summed E-state index contributed by atoms with van der Waals surface area (Å²) in [6, 6.07) is 3.76. The molecule has 1 aromatic rings. The van der Waals surface area contributed by atoms with Gasteiger partial charge in [-0.05, 0) is 31.9 Å². The first-order chi connectivity index (χ1) is 10.8. The van der Waals surface area contributed by atoms with Gasteiger partial charge in [0.05, 0.1) is 16.3 Å². The lowest BCUT2D eigenvalue weighted by Gasteiger charge is -2.45. The van der Waals surface area contributed by atoms with Crippen molar-refractivity contribution in [3.63, 3.8) is 0 Å². The average molecular weight is 336 g/mol. The van der Waals surface area contributed by atoms with Crippen LogP contribution in [0.2, 0.25) is 0 Å². The van der Waals surface area contributed by atoms with Crippen molar-refractivity contribution in [2.75, 3.05) is 20.1 Å². The number of rotatable bonds is 2. The number of carbonyl (C=O) groups excluding carboxylic acids is 2. The van der Waals surface area contributed by atoms with Crippen LogP contribution in [0.4, 0.5) is 0 Å².